The highest BCUT2D eigenvalue weighted by atomic mass is 16.5. The van der Waals surface area contributed by atoms with Crippen LogP contribution in [0.25, 0.3) is 0 Å². The Hall–Kier alpha value is -1.62. The monoisotopic (exact) mass is 256 g/mol. The molecule has 0 heterocycles. The van der Waals surface area contributed by atoms with E-state index in [1.807, 2.05) is 0 Å². The van der Waals surface area contributed by atoms with Crippen molar-refractivity contribution in [3.05, 3.63) is 23.3 Å². The Kier molecular flexibility index (Phi) is 7.71. The van der Waals surface area contributed by atoms with Gasteiger partial charge in [-0.05, 0) is 27.2 Å². The van der Waals surface area contributed by atoms with Gasteiger partial charge in [0.15, 0.2) is 0 Å². The Morgan fingerprint density at radius 2 is 1.83 bits per heavy atom. The minimum absolute atomic E-state index is 0.0132. The topological polar surface area (TPSA) is 83.8 Å². The van der Waals surface area contributed by atoms with E-state index in [9.17, 15) is 9.59 Å². The summed E-state index contributed by atoms with van der Waals surface area (Å²) in [5.41, 5.74) is 0.667. The summed E-state index contributed by atoms with van der Waals surface area (Å²) in [6, 6.07) is 0. The highest BCUT2D eigenvalue weighted by molar-refractivity contribution is 5.88. The number of carbonyl (C=O) groups excluding carboxylic acids is 1. The predicted octanol–water partition coefficient (Wildman–Crippen LogP) is 1.67. The zero-order valence-electron chi connectivity index (χ0n) is 11.0. The smallest absolute Gasteiger partial charge is 0.333 e. The molecular formula is C13H20O5. The summed E-state index contributed by atoms with van der Waals surface area (Å²) in [7, 11) is 0. The molecule has 0 aliphatic heterocycles. The van der Waals surface area contributed by atoms with Gasteiger partial charge in [0, 0.05) is 24.2 Å². The highest BCUT2D eigenvalue weighted by Crippen LogP contribution is 2.07. The fourth-order valence-corrected chi connectivity index (χ4v) is 1.12. The van der Waals surface area contributed by atoms with Crippen molar-refractivity contribution in [1.29, 1.82) is 0 Å². The number of ether oxygens (including phenoxy) is 1. The van der Waals surface area contributed by atoms with Crippen LogP contribution in [-0.2, 0) is 14.3 Å². The van der Waals surface area contributed by atoms with Crippen molar-refractivity contribution in [2.75, 3.05) is 6.61 Å². The van der Waals surface area contributed by atoms with Crippen LogP contribution in [0.3, 0.4) is 0 Å². The van der Waals surface area contributed by atoms with Gasteiger partial charge in [-0.2, -0.15) is 0 Å². The predicted molar refractivity (Wildman–Crippen MR) is 67.0 cm³/mol. The van der Waals surface area contributed by atoms with Crippen LogP contribution in [0.15, 0.2) is 23.3 Å². The molecule has 0 spiro atoms. The minimum atomic E-state index is -0.979. The number of aliphatic hydroxyl groups is 1. The maximum absolute atomic E-state index is 11.5. The number of rotatable bonds is 7. The average molecular weight is 256 g/mol. The van der Waals surface area contributed by atoms with Crippen LogP contribution >= 0.6 is 0 Å². The van der Waals surface area contributed by atoms with Crippen molar-refractivity contribution in [3.8, 4) is 0 Å². The van der Waals surface area contributed by atoms with E-state index in [0.29, 0.717) is 18.4 Å². The molecule has 2 N–H and O–H groups in total. The van der Waals surface area contributed by atoms with Crippen molar-refractivity contribution < 1.29 is 24.5 Å². The van der Waals surface area contributed by atoms with Crippen molar-refractivity contribution in [1.82, 2.24) is 0 Å². The van der Waals surface area contributed by atoms with E-state index in [-0.39, 0.29) is 18.3 Å². The molecule has 5 heteroatoms. The SMILES string of the molecule is CC(=CCC(C)OC(=O)C(C)=CCCO)C(=O)O. The average Bonchev–Trinajstić information content (AvgIpc) is 2.32. The summed E-state index contributed by atoms with van der Waals surface area (Å²) in [6.45, 7) is 4.79. The van der Waals surface area contributed by atoms with E-state index in [1.54, 1.807) is 19.9 Å². The summed E-state index contributed by atoms with van der Waals surface area (Å²) >= 11 is 0. The number of aliphatic carboxylic acids is 1. The van der Waals surface area contributed by atoms with Crippen LogP contribution in [-0.4, -0.2) is 34.9 Å². The van der Waals surface area contributed by atoms with Crippen molar-refractivity contribution in [3.63, 3.8) is 0 Å². The second-order valence-corrected chi connectivity index (χ2v) is 4.04. The van der Waals surface area contributed by atoms with Gasteiger partial charge in [0.05, 0.1) is 0 Å². The van der Waals surface area contributed by atoms with Gasteiger partial charge in [-0.1, -0.05) is 12.2 Å². The van der Waals surface area contributed by atoms with Crippen LogP contribution in [0.1, 0.15) is 33.6 Å². The molecule has 0 aromatic carbocycles. The van der Waals surface area contributed by atoms with Gasteiger partial charge in [-0.25, -0.2) is 9.59 Å². The maximum Gasteiger partial charge on any atom is 0.333 e. The number of carbonyl (C=O) groups is 2. The first-order valence-electron chi connectivity index (χ1n) is 5.77. The second kappa shape index (κ2) is 8.47. The number of aliphatic hydroxyl groups excluding tert-OH is 1. The summed E-state index contributed by atoms with van der Waals surface area (Å²) in [5.74, 6) is -1.43. The molecule has 0 aliphatic carbocycles. The number of hydrogen-bond acceptors (Lipinski definition) is 4. The molecule has 0 amide bonds. The minimum Gasteiger partial charge on any atom is -0.478 e. The summed E-state index contributed by atoms with van der Waals surface area (Å²) < 4.78 is 5.11. The number of carboxylic acids is 1. The van der Waals surface area contributed by atoms with Crippen LogP contribution in [0.2, 0.25) is 0 Å². The van der Waals surface area contributed by atoms with Gasteiger partial charge in [0.2, 0.25) is 0 Å². The molecule has 0 saturated carbocycles. The molecule has 0 fully saturated rings. The van der Waals surface area contributed by atoms with Gasteiger partial charge in [0.25, 0.3) is 0 Å². The third kappa shape index (κ3) is 6.85. The lowest BCUT2D eigenvalue weighted by atomic mass is 10.2. The maximum atomic E-state index is 11.5. The molecule has 0 aromatic rings. The molecule has 0 rings (SSSR count). The van der Waals surface area contributed by atoms with Crippen molar-refractivity contribution in [2.24, 2.45) is 0 Å². The van der Waals surface area contributed by atoms with Crippen LogP contribution in [0, 0.1) is 0 Å². The first kappa shape index (κ1) is 16.4. The Morgan fingerprint density at radius 1 is 1.22 bits per heavy atom. The molecule has 0 radical (unpaired) electrons. The van der Waals surface area contributed by atoms with Gasteiger partial charge in [-0.3, -0.25) is 0 Å². The molecule has 1 unspecified atom stereocenters. The Morgan fingerprint density at radius 3 is 2.33 bits per heavy atom. The Labute approximate surface area is 107 Å². The van der Waals surface area contributed by atoms with Crippen molar-refractivity contribution >= 4 is 11.9 Å². The van der Waals surface area contributed by atoms with E-state index in [2.05, 4.69) is 0 Å². The fourth-order valence-electron chi connectivity index (χ4n) is 1.12. The van der Waals surface area contributed by atoms with Crippen LogP contribution in [0.5, 0.6) is 0 Å². The molecule has 0 saturated heterocycles. The van der Waals surface area contributed by atoms with E-state index in [1.165, 1.54) is 13.0 Å². The lowest BCUT2D eigenvalue weighted by molar-refractivity contribution is -0.143. The van der Waals surface area contributed by atoms with Gasteiger partial charge < -0.3 is 14.9 Å². The number of carboxylic acid groups (broad SMARTS) is 1. The third-order valence-corrected chi connectivity index (χ3v) is 2.30. The van der Waals surface area contributed by atoms with E-state index in [0.717, 1.165) is 0 Å². The summed E-state index contributed by atoms with van der Waals surface area (Å²) in [6.07, 6.45) is 3.51. The fraction of sp³-hybridized carbons (Fsp3) is 0.538. The lowest BCUT2D eigenvalue weighted by Gasteiger charge is -2.11. The Bertz CT molecular complexity index is 354. The summed E-state index contributed by atoms with van der Waals surface area (Å²) in [5, 5.41) is 17.3. The molecule has 102 valence electrons. The normalized spacial score (nSPS) is 14.2. The highest BCUT2D eigenvalue weighted by Gasteiger charge is 2.10. The van der Waals surface area contributed by atoms with E-state index in [4.69, 9.17) is 14.9 Å². The number of esters is 1. The molecule has 0 aliphatic rings. The molecule has 18 heavy (non-hydrogen) atoms. The van der Waals surface area contributed by atoms with Crippen molar-refractivity contribution in [2.45, 2.75) is 39.7 Å². The van der Waals surface area contributed by atoms with Gasteiger partial charge in [-0.15, -0.1) is 0 Å². The van der Waals surface area contributed by atoms with E-state index < -0.39 is 11.9 Å². The Balaban J connectivity index is 4.24. The zero-order chi connectivity index (χ0) is 14.1. The first-order chi connectivity index (χ1) is 8.38. The van der Waals surface area contributed by atoms with Gasteiger partial charge >= 0.3 is 11.9 Å². The zero-order valence-corrected chi connectivity index (χ0v) is 11.0. The lowest BCUT2D eigenvalue weighted by Crippen LogP contribution is -2.15. The molecule has 5 nitrogen and oxygen atoms in total. The molecular weight excluding hydrogens is 236 g/mol. The standard InChI is InChI=1S/C13H20O5/c1-9(12(15)16)6-7-11(3)18-13(17)10(2)5-4-8-14/h5-6,11,14H,4,7-8H2,1-3H3,(H,15,16). The molecule has 0 aromatic heterocycles. The number of hydrogen-bond donors (Lipinski definition) is 2. The molecule has 1 atom stereocenters. The van der Waals surface area contributed by atoms with E-state index >= 15 is 0 Å². The third-order valence-electron chi connectivity index (χ3n) is 2.30. The van der Waals surface area contributed by atoms with Gasteiger partial charge in [0.1, 0.15) is 6.10 Å². The summed E-state index contributed by atoms with van der Waals surface area (Å²) in [4.78, 5) is 22.1. The molecule has 0 bridgehead atoms. The van der Waals surface area contributed by atoms with Crippen LogP contribution < -0.4 is 0 Å². The second-order valence-electron chi connectivity index (χ2n) is 4.04. The first-order valence-corrected chi connectivity index (χ1v) is 5.77. The van der Waals surface area contributed by atoms with Crippen LogP contribution in [0.4, 0.5) is 0 Å². The quantitative estimate of drug-likeness (QED) is 0.534. The largest absolute Gasteiger partial charge is 0.478 e.